The number of aromatic nitrogens is 4. The van der Waals surface area contributed by atoms with Gasteiger partial charge in [-0.1, -0.05) is 17.3 Å². The molecule has 1 aromatic carbocycles. The summed E-state index contributed by atoms with van der Waals surface area (Å²) in [4.78, 5) is 31.3. The van der Waals surface area contributed by atoms with Gasteiger partial charge in [-0.3, -0.25) is 9.59 Å². The predicted octanol–water partition coefficient (Wildman–Crippen LogP) is 3.94. The highest BCUT2D eigenvalue weighted by Crippen LogP contribution is 2.47. The minimum Gasteiger partial charge on any atom is -0.370 e. The summed E-state index contributed by atoms with van der Waals surface area (Å²) in [5.41, 5.74) is 4.49. The first-order valence-electron chi connectivity index (χ1n) is 12.0. The number of carbonyl (C=O) groups excluding carboxylic acids is 2. The molecule has 3 fully saturated rings. The maximum Gasteiger partial charge on any atom is 0.259 e. The van der Waals surface area contributed by atoms with Gasteiger partial charge >= 0.3 is 0 Å². The van der Waals surface area contributed by atoms with E-state index in [0.717, 1.165) is 24.3 Å². The molecular weight excluding hydrogens is 463 g/mol. The molecule has 4 aromatic rings. The van der Waals surface area contributed by atoms with Crippen LogP contribution in [-0.4, -0.2) is 50.7 Å². The van der Waals surface area contributed by atoms with Crippen molar-refractivity contribution in [3.63, 3.8) is 0 Å². The summed E-state index contributed by atoms with van der Waals surface area (Å²) in [6, 6.07) is 9.45. The molecule has 1 amide bonds. The van der Waals surface area contributed by atoms with Crippen LogP contribution in [0.15, 0.2) is 47.2 Å². The van der Waals surface area contributed by atoms with E-state index in [1.54, 1.807) is 16.8 Å². The van der Waals surface area contributed by atoms with Crippen molar-refractivity contribution in [1.29, 1.82) is 0 Å². The number of nitrogens with zero attached hydrogens (tertiary/aromatic N) is 5. The van der Waals surface area contributed by atoms with Crippen LogP contribution in [0.2, 0.25) is 0 Å². The highest BCUT2D eigenvalue weighted by Gasteiger charge is 2.52. The molecular formula is C26H23FN6O3. The van der Waals surface area contributed by atoms with Gasteiger partial charge in [-0.15, -0.1) is 0 Å². The van der Waals surface area contributed by atoms with Crippen LogP contribution in [0.5, 0.6) is 0 Å². The molecule has 10 heteroatoms. The van der Waals surface area contributed by atoms with Crippen molar-refractivity contribution in [1.82, 2.24) is 19.8 Å². The van der Waals surface area contributed by atoms with Crippen molar-refractivity contribution >= 4 is 28.6 Å². The first kappa shape index (κ1) is 21.2. The van der Waals surface area contributed by atoms with Gasteiger partial charge in [0.15, 0.2) is 0 Å². The molecule has 36 heavy (non-hydrogen) atoms. The number of carbonyl (C=O) groups is 2. The summed E-state index contributed by atoms with van der Waals surface area (Å²) in [7, 11) is 0. The van der Waals surface area contributed by atoms with Crippen molar-refractivity contribution in [2.75, 3.05) is 23.3 Å². The molecule has 4 heterocycles. The SMILES string of the molecule is Cc1ccc(-c2noc([C@H]3C[C@@H]3F)n2)cc1NC(=O)c1cnn2ccc(N3CC4(CC(=O)C4)C3)cc12. The minimum absolute atomic E-state index is 0.151. The summed E-state index contributed by atoms with van der Waals surface area (Å²) < 4.78 is 20.2. The molecule has 182 valence electrons. The van der Waals surface area contributed by atoms with Gasteiger partial charge in [0.25, 0.3) is 5.91 Å². The third kappa shape index (κ3) is 3.39. The van der Waals surface area contributed by atoms with E-state index in [4.69, 9.17) is 4.52 Å². The van der Waals surface area contributed by atoms with Crippen LogP contribution in [0, 0.1) is 12.3 Å². The van der Waals surface area contributed by atoms with Gasteiger partial charge < -0.3 is 14.7 Å². The van der Waals surface area contributed by atoms with E-state index < -0.39 is 6.17 Å². The van der Waals surface area contributed by atoms with Crippen molar-refractivity contribution in [3.05, 3.63) is 59.7 Å². The van der Waals surface area contributed by atoms with E-state index in [9.17, 15) is 14.0 Å². The van der Waals surface area contributed by atoms with E-state index in [1.807, 2.05) is 37.4 Å². The van der Waals surface area contributed by atoms with E-state index in [1.165, 1.54) is 0 Å². The number of aryl methyl sites for hydroxylation is 1. The van der Waals surface area contributed by atoms with Crippen LogP contribution in [0.4, 0.5) is 15.8 Å². The van der Waals surface area contributed by atoms with Crippen LogP contribution in [0.25, 0.3) is 16.9 Å². The van der Waals surface area contributed by atoms with Gasteiger partial charge in [0.1, 0.15) is 12.0 Å². The Labute approximate surface area is 205 Å². The molecule has 0 unspecified atom stereocenters. The molecule has 1 N–H and O–H groups in total. The fraction of sp³-hybridized carbons (Fsp3) is 0.346. The second-order valence-electron chi connectivity index (χ2n) is 10.3. The number of pyridine rings is 1. The number of benzene rings is 1. The van der Waals surface area contributed by atoms with Crippen molar-refractivity contribution in [3.8, 4) is 11.4 Å². The first-order chi connectivity index (χ1) is 17.4. The predicted molar refractivity (Wildman–Crippen MR) is 129 cm³/mol. The quantitative estimate of drug-likeness (QED) is 0.455. The monoisotopic (exact) mass is 486 g/mol. The summed E-state index contributed by atoms with van der Waals surface area (Å²) in [5, 5.41) is 11.3. The van der Waals surface area contributed by atoms with Gasteiger partial charge in [-0.25, -0.2) is 8.91 Å². The van der Waals surface area contributed by atoms with Crippen molar-refractivity contribution in [2.45, 2.75) is 38.3 Å². The molecule has 0 radical (unpaired) electrons. The van der Waals surface area contributed by atoms with Crippen molar-refractivity contribution in [2.24, 2.45) is 5.41 Å². The Balaban J connectivity index is 1.12. The third-order valence-corrected chi connectivity index (χ3v) is 7.53. The lowest BCUT2D eigenvalue weighted by atomic mass is 9.62. The number of alkyl halides is 1. The Kier molecular flexibility index (Phi) is 4.40. The Morgan fingerprint density at radius 2 is 2.03 bits per heavy atom. The molecule has 0 bridgehead atoms. The molecule has 7 rings (SSSR count). The number of Topliss-reactive ketones (excluding diaryl/α,β-unsaturated/α-hetero) is 1. The molecule has 9 nitrogen and oxygen atoms in total. The third-order valence-electron chi connectivity index (χ3n) is 7.53. The smallest absolute Gasteiger partial charge is 0.259 e. The van der Waals surface area contributed by atoms with Crippen LogP contribution < -0.4 is 10.2 Å². The Morgan fingerprint density at radius 3 is 2.78 bits per heavy atom. The minimum atomic E-state index is -0.915. The van der Waals surface area contributed by atoms with Gasteiger partial charge in [0.2, 0.25) is 11.7 Å². The van der Waals surface area contributed by atoms with Crippen LogP contribution in [0.3, 0.4) is 0 Å². The number of hydrogen-bond donors (Lipinski definition) is 1. The summed E-state index contributed by atoms with van der Waals surface area (Å²) in [5.74, 6) is 0.423. The second kappa shape index (κ2) is 7.46. The summed E-state index contributed by atoms with van der Waals surface area (Å²) in [6.45, 7) is 3.63. The Morgan fingerprint density at radius 1 is 1.22 bits per heavy atom. The fourth-order valence-corrected chi connectivity index (χ4v) is 5.30. The fourth-order valence-electron chi connectivity index (χ4n) is 5.30. The number of anilines is 2. The number of halogens is 1. The van der Waals surface area contributed by atoms with E-state index >= 15 is 0 Å². The maximum absolute atomic E-state index is 13.3. The second-order valence-corrected chi connectivity index (χ2v) is 10.3. The first-order valence-corrected chi connectivity index (χ1v) is 12.0. The maximum atomic E-state index is 13.3. The van der Waals surface area contributed by atoms with Gasteiger partial charge in [0, 0.05) is 54.5 Å². The molecule has 3 aliphatic rings. The van der Waals surface area contributed by atoms with Gasteiger partial charge in [0.05, 0.1) is 23.2 Å². The normalized spacial score (nSPS) is 21.9. The van der Waals surface area contributed by atoms with E-state index in [2.05, 4.69) is 25.5 Å². The average molecular weight is 487 g/mol. The summed E-state index contributed by atoms with van der Waals surface area (Å²) in [6.07, 6.45) is 4.25. The molecule has 1 aliphatic heterocycles. The zero-order valence-electron chi connectivity index (χ0n) is 19.6. The highest BCUT2D eigenvalue weighted by atomic mass is 19.1. The lowest BCUT2D eigenvalue weighted by Crippen LogP contribution is -2.62. The molecule has 1 spiro atoms. The number of ketones is 1. The van der Waals surface area contributed by atoms with Crippen LogP contribution >= 0.6 is 0 Å². The Bertz CT molecular complexity index is 1540. The number of hydrogen-bond acceptors (Lipinski definition) is 7. The van der Waals surface area contributed by atoms with Gasteiger partial charge in [-0.05, 0) is 37.1 Å². The molecule has 2 saturated carbocycles. The van der Waals surface area contributed by atoms with Crippen LogP contribution in [-0.2, 0) is 4.79 Å². The lowest BCUT2D eigenvalue weighted by Gasteiger charge is -2.55. The van der Waals surface area contributed by atoms with Crippen LogP contribution in [0.1, 0.15) is 47.0 Å². The van der Waals surface area contributed by atoms with E-state index in [0.29, 0.717) is 59.1 Å². The number of nitrogens with one attached hydrogen (secondary N) is 1. The zero-order chi connectivity index (χ0) is 24.6. The lowest BCUT2D eigenvalue weighted by molar-refractivity contribution is -0.134. The standard InChI is InChI=1S/C26H23FN6O3/c1-14-2-3-15(23-30-25(36-31-23)18-8-20(18)27)6-21(14)29-24(35)19-11-28-33-5-4-16(7-22(19)33)32-12-26(13-32)9-17(34)10-26/h2-7,11,18,20H,8-10,12-13H2,1H3,(H,29,35)/t18-,20-/m0/s1. The molecule has 1 saturated heterocycles. The number of fused-ring (bicyclic) bond motifs is 1. The zero-order valence-corrected chi connectivity index (χ0v) is 19.6. The van der Waals surface area contributed by atoms with Gasteiger partial charge in [-0.2, -0.15) is 10.1 Å². The number of rotatable bonds is 5. The largest absolute Gasteiger partial charge is 0.370 e. The number of amides is 1. The Hall–Kier alpha value is -4.08. The molecule has 3 aromatic heterocycles. The molecule has 2 atom stereocenters. The molecule has 2 aliphatic carbocycles. The topological polar surface area (TPSA) is 106 Å². The average Bonchev–Trinajstić information content (AvgIpc) is 3.21. The van der Waals surface area contributed by atoms with E-state index in [-0.39, 0.29) is 17.2 Å². The summed E-state index contributed by atoms with van der Waals surface area (Å²) >= 11 is 0. The van der Waals surface area contributed by atoms with Crippen molar-refractivity contribution < 1.29 is 18.5 Å². The highest BCUT2D eigenvalue weighted by molar-refractivity contribution is 6.09.